The molecule has 0 unspecified atom stereocenters. The largest absolute Gasteiger partial charge is 0.487 e. The molecule has 1 aliphatic rings. The van der Waals surface area contributed by atoms with Gasteiger partial charge in [-0.3, -0.25) is 4.79 Å². The maximum atomic E-state index is 11.4. The standard InChI is InChI=1S/C16H28O2/c1-14(2,3)9-13-7-8-16(12-17,18-10-13)11-15(4,5)6/h10,12H,7-9,11H2,1-6H3/t16-/m1/s1. The minimum atomic E-state index is -0.598. The van der Waals surface area contributed by atoms with Crippen molar-refractivity contribution in [1.29, 1.82) is 0 Å². The third-order valence-electron chi connectivity index (χ3n) is 3.13. The predicted octanol–water partition coefficient (Wildman–Crippen LogP) is 4.49. The Hall–Kier alpha value is -0.790. The number of ether oxygens (including phenoxy) is 1. The first kappa shape index (κ1) is 15.3. The SMILES string of the molecule is CC(C)(C)CC1=CO[C@@](C=O)(CC(C)(C)C)CC1. The minimum absolute atomic E-state index is 0.107. The van der Waals surface area contributed by atoms with Gasteiger partial charge in [0.2, 0.25) is 0 Å². The summed E-state index contributed by atoms with van der Waals surface area (Å²) in [6.45, 7) is 13.1. The van der Waals surface area contributed by atoms with Gasteiger partial charge in [0.15, 0.2) is 11.9 Å². The number of carbonyl (C=O) groups excluding carboxylic acids is 1. The van der Waals surface area contributed by atoms with E-state index in [0.29, 0.717) is 0 Å². The molecule has 0 fully saturated rings. The van der Waals surface area contributed by atoms with Gasteiger partial charge in [-0.05, 0) is 42.1 Å². The van der Waals surface area contributed by atoms with E-state index in [4.69, 9.17) is 4.74 Å². The molecule has 18 heavy (non-hydrogen) atoms. The Morgan fingerprint density at radius 3 is 2.17 bits per heavy atom. The maximum absolute atomic E-state index is 11.4. The van der Waals surface area contributed by atoms with Gasteiger partial charge in [0.25, 0.3) is 0 Å². The van der Waals surface area contributed by atoms with Crippen LogP contribution in [-0.2, 0) is 9.53 Å². The van der Waals surface area contributed by atoms with Crippen molar-refractivity contribution >= 4 is 6.29 Å². The molecule has 1 rings (SSSR count). The van der Waals surface area contributed by atoms with Crippen molar-refractivity contribution < 1.29 is 9.53 Å². The summed E-state index contributed by atoms with van der Waals surface area (Å²) in [5.41, 5.74) is 1.12. The number of carbonyl (C=O) groups is 1. The van der Waals surface area contributed by atoms with Crippen LogP contribution in [0.2, 0.25) is 0 Å². The van der Waals surface area contributed by atoms with E-state index < -0.39 is 5.60 Å². The zero-order valence-electron chi connectivity index (χ0n) is 12.8. The second-order valence-electron chi connectivity index (χ2n) is 8.05. The highest BCUT2D eigenvalue weighted by atomic mass is 16.5. The summed E-state index contributed by atoms with van der Waals surface area (Å²) < 4.78 is 5.82. The van der Waals surface area contributed by atoms with Gasteiger partial charge >= 0.3 is 0 Å². The van der Waals surface area contributed by atoms with Crippen LogP contribution >= 0.6 is 0 Å². The van der Waals surface area contributed by atoms with Gasteiger partial charge in [-0.2, -0.15) is 0 Å². The normalized spacial score (nSPS) is 25.3. The Kier molecular flexibility index (Phi) is 4.30. The summed E-state index contributed by atoms with van der Waals surface area (Å²) >= 11 is 0. The van der Waals surface area contributed by atoms with Crippen LogP contribution in [0.15, 0.2) is 11.8 Å². The van der Waals surface area contributed by atoms with E-state index in [1.54, 1.807) is 0 Å². The molecule has 0 radical (unpaired) electrons. The summed E-state index contributed by atoms with van der Waals surface area (Å²) in [4.78, 5) is 11.4. The lowest BCUT2D eigenvalue weighted by molar-refractivity contribution is -0.130. The monoisotopic (exact) mass is 252 g/mol. The van der Waals surface area contributed by atoms with Crippen molar-refractivity contribution in [2.24, 2.45) is 10.8 Å². The molecule has 1 aliphatic heterocycles. The van der Waals surface area contributed by atoms with Crippen molar-refractivity contribution in [1.82, 2.24) is 0 Å². The van der Waals surface area contributed by atoms with E-state index >= 15 is 0 Å². The zero-order chi connectivity index (χ0) is 14.0. The third-order valence-corrected chi connectivity index (χ3v) is 3.13. The Morgan fingerprint density at radius 1 is 1.22 bits per heavy atom. The first-order valence-corrected chi connectivity index (χ1v) is 6.87. The van der Waals surface area contributed by atoms with Crippen LogP contribution in [0, 0.1) is 10.8 Å². The van der Waals surface area contributed by atoms with E-state index in [0.717, 1.165) is 32.0 Å². The van der Waals surface area contributed by atoms with Crippen LogP contribution < -0.4 is 0 Å². The van der Waals surface area contributed by atoms with Gasteiger partial charge in [-0.1, -0.05) is 41.5 Å². The van der Waals surface area contributed by atoms with Crippen LogP contribution in [0.1, 0.15) is 67.2 Å². The molecule has 2 heteroatoms. The number of aldehydes is 1. The summed E-state index contributed by atoms with van der Waals surface area (Å²) in [6.07, 6.45) is 6.46. The number of rotatable bonds is 3. The van der Waals surface area contributed by atoms with Gasteiger partial charge in [0.05, 0.1) is 6.26 Å². The minimum Gasteiger partial charge on any atom is -0.487 e. The number of hydrogen-bond acceptors (Lipinski definition) is 2. The Labute approximate surface area is 112 Å². The molecule has 0 saturated heterocycles. The zero-order valence-corrected chi connectivity index (χ0v) is 12.8. The molecule has 0 spiro atoms. The Morgan fingerprint density at radius 2 is 1.83 bits per heavy atom. The molecular formula is C16H28O2. The molecule has 104 valence electrons. The molecule has 0 aromatic carbocycles. The van der Waals surface area contributed by atoms with Crippen LogP contribution in [0.25, 0.3) is 0 Å². The van der Waals surface area contributed by atoms with Gasteiger partial charge < -0.3 is 4.74 Å². The highest BCUT2D eigenvalue weighted by molar-refractivity contribution is 5.63. The van der Waals surface area contributed by atoms with Gasteiger partial charge in [0.1, 0.15) is 0 Å². The fourth-order valence-electron chi connectivity index (χ4n) is 2.66. The molecule has 0 amide bonds. The number of allylic oxidation sites excluding steroid dienone is 1. The van der Waals surface area contributed by atoms with Crippen molar-refractivity contribution in [3.63, 3.8) is 0 Å². The summed E-state index contributed by atoms with van der Waals surface area (Å²) in [5.74, 6) is 0. The molecule has 0 aromatic rings. The van der Waals surface area contributed by atoms with Crippen molar-refractivity contribution in [2.45, 2.75) is 72.8 Å². The smallest absolute Gasteiger partial charge is 0.164 e. The second kappa shape index (κ2) is 5.07. The molecular weight excluding hydrogens is 224 g/mol. The fraction of sp³-hybridized carbons (Fsp3) is 0.812. The molecule has 2 nitrogen and oxygen atoms in total. The molecule has 0 saturated carbocycles. The first-order chi connectivity index (χ1) is 8.05. The van der Waals surface area contributed by atoms with Crippen molar-refractivity contribution in [3.8, 4) is 0 Å². The summed E-state index contributed by atoms with van der Waals surface area (Å²) in [7, 11) is 0. The number of hydrogen-bond donors (Lipinski definition) is 0. The van der Waals surface area contributed by atoms with Crippen molar-refractivity contribution in [3.05, 3.63) is 11.8 Å². The average Bonchev–Trinajstić information content (AvgIpc) is 2.17. The van der Waals surface area contributed by atoms with Gasteiger partial charge in [-0.25, -0.2) is 0 Å². The van der Waals surface area contributed by atoms with Crippen LogP contribution in [0.5, 0.6) is 0 Å². The van der Waals surface area contributed by atoms with Crippen LogP contribution in [0.3, 0.4) is 0 Å². The topological polar surface area (TPSA) is 26.3 Å². The van der Waals surface area contributed by atoms with E-state index in [-0.39, 0.29) is 10.8 Å². The lowest BCUT2D eigenvalue weighted by Crippen LogP contribution is -2.39. The molecule has 0 aliphatic carbocycles. The lowest BCUT2D eigenvalue weighted by atomic mass is 9.77. The van der Waals surface area contributed by atoms with E-state index in [9.17, 15) is 4.79 Å². The Bertz CT molecular complexity index is 328. The van der Waals surface area contributed by atoms with E-state index in [1.807, 2.05) is 6.26 Å². The molecule has 0 N–H and O–H groups in total. The average molecular weight is 252 g/mol. The predicted molar refractivity (Wildman–Crippen MR) is 75.3 cm³/mol. The summed E-state index contributed by atoms with van der Waals surface area (Å²) in [5, 5.41) is 0. The Balaban J connectivity index is 2.72. The van der Waals surface area contributed by atoms with E-state index in [1.165, 1.54) is 5.57 Å². The maximum Gasteiger partial charge on any atom is 0.164 e. The van der Waals surface area contributed by atoms with Crippen molar-refractivity contribution in [2.75, 3.05) is 0 Å². The quantitative estimate of drug-likeness (QED) is 0.692. The first-order valence-electron chi connectivity index (χ1n) is 6.87. The van der Waals surface area contributed by atoms with Gasteiger partial charge in [0, 0.05) is 0 Å². The van der Waals surface area contributed by atoms with E-state index in [2.05, 4.69) is 41.5 Å². The molecule has 0 aromatic heterocycles. The summed E-state index contributed by atoms with van der Waals surface area (Å²) in [6, 6.07) is 0. The highest BCUT2D eigenvalue weighted by Gasteiger charge is 2.38. The molecule has 1 atom stereocenters. The molecule has 0 bridgehead atoms. The second-order valence-corrected chi connectivity index (χ2v) is 8.05. The third kappa shape index (κ3) is 4.83. The lowest BCUT2D eigenvalue weighted by Gasteiger charge is -2.37. The highest BCUT2D eigenvalue weighted by Crippen LogP contribution is 2.38. The van der Waals surface area contributed by atoms with Gasteiger partial charge in [-0.15, -0.1) is 0 Å². The fourth-order valence-corrected chi connectivity index (χ4v) is 2.66. The van der Waals surface area contributed by atoms with Crippen LogP contribution in [-0.4, -0.2) is 11.9 Å². The van der Waals surface area contributed by atoms with Crippen LogP contribution in [0.4, 0.5) is 0 Å². The molecule has 1 heterocycles.